The standard InChI is InChI=1S/C29H32ClF3N4O/c1-5-28(3,4)37(19-36-26-10-7-22(18-34)27(30)20(26)2)15-6-16-38-23-8-9-24(21-11-13-35-14-12-21)25(17-23)29(31,32)33/h7-14,17,36H,5-6,15-16,19H2,1-4H3. The molecule has 0 amide bonds. The van der Waals surface area contributed by atoms with Gasteiger partial charge in [0.15, 0.2) is 0 Å². The number of aromatic nitrogens is 1. The van der Waals surface area contributed by atoms with Gasteiger partial charge in [0.2, 0.25) is 0 Å². The zero-order chi connectivity index (χ0) is 27.9. The number of alkyl halides is 3. The van der Waals surface area contributed by atoms with Gasteiger partial charge in [0.25, 0.3) is 0 Å². The molecule has 202 valence electrons. The third-order valence-corrected chi connectivity index (χ3v) is 7.30. The first-order chi connectivity index (χ1) is 18.0. The van der Waals surface area contributed by atoms with Crippen LogP contribution >= 0.6 is 11.6 Å². The molecule has 0 radical (unpaired) electrons. The molecule has 0 fully saturated rings. The van der Waals surface area contributed by atoms with E-state index in [2.05, 4.69) is 42.0 Å². The molecule has 9 heteroatoms. The van der Waals surface area contributed by atoms with Gasteiger partial charge in [-0.05, 0) is 86.7 Å². The van der Waals surface area contributed by atoms with Crippen LogP contribution in [0.2, 0.25) is 5.02 Å². The topological polar surface area (TPSA) is 61.2 Å². The zero-order valence-corrected chi connectivity index (χ0v) is 22.7. The SMILES string of the molecule is CCC(C)(C)N(CCCOc1ccc(-c2ccncc2)c(C(F)(F)F)c1)CNc1ccc(C#N)c(Cl)c1C. The van der Waals surface area contributed by atoms with Crippen LogP contribution in [-0.4, -0.2) is 35.2 Å². The maximum atomic E-state index is 13.8. The first-order valence-corrected chi connectivity index (χ1v) is 12.8. The van der Waals surface area contributed by atoms with Crippen molar-refractivity contribution in [3.05, 3.63) is 76.6 Å². The number of nitriles is 1. The summed E-state index contributed by atoms with van der Waals surface area (Å²) in [6, 6.07) is 12.8. The summed E-state index contributed by atoms with van der Waals surface area (Å²) in [6.45, 7) is 9.72. The molecule has 1 aromatic heterocycles. The van der Waals surface area contributed by atoms with Crippen LogP contribution in [0.3, 0.4) is 0 Å². The Bertz CT molecular complexity index is 1270. The second-order valence-electron chi connectivity index (χ2n) is 9.62. The number of pyridine rings is 1. The van der Waals surface area contributed by atoms with Gasteiger partial charge in [-0.3, -0.25) is 9.88 Å². The van der Waals surface area contributed by atoms with E-state index in [1.165, 1.54) is 18.5 Å². The molecule has 0 spiro atoms. The third-order valence-electron chi connectivity index (χ3n) is 6.82. The van der Waals surface area contributed by atoms with E-state index in [4.69, 9.17) is 16.3 Å². The molecule has 0 aliphatic heterocycles. The van der Waals surface area contributed by atoms with Crippen molar-refractivity contribution in [1.82, 2.24) is 9.88 Å². The molecule has 3 rings (SSSR count). The average molecular weight is 545 g/mol. The van der Waals surface area contributed by atoms with Crippen LogP contribution in [0, 0.1) is 18.3 Å². The Labute approximate surface area is 227 Å². The molecule has 0 aliphatic rings. The number of rotatable bonds is 11. The van der Waals surface area contributed by atoms with Crippen molar-refractivity contribution in [2.45, 2.75) is 52.3 Å². The lowest BCUT2D eigenvalue weighted by atomic mass is 9.99. The number of hydrogen-bond acceptors (Lipinski definition) is 5. The van der Waals surface area contributed by atoms with E-state index < -0.39 is 11.7 Å². The zero-order valence-electron chi connectivity index (χ0n) is 22.0. The first kappa shape index (κ1) is 29.3. The number of halogens is 4. The average Bonchev–Trinajstić information content (AvgIpc) is 2.90. The quantitative estimate of drug-likeness (QED) is 0.196. The Balaban J connectivity index is 1.66. The molecular weight excluding hydrogens is 513 g/mol. The predicted molar refractivity (Wildman–Crippen MR) is 145 cm³/mol. The number of anilines is 1. The van der Waals surface area contributed by atoms with E-state index in [-0.39, 0.29) is 23.5 Å². The van der Waals surface area contributed by atoms with Crippen LogP contribution in [0.25, 0.3) is 11.1 Å². The summed E-state index contributed by atoms with van der Waals surface area (Å²) in [5, 5.41) is 13.0. The molecule has 38 heavy (non-hydrogen) atoms. The van der Waals surface area contributed by atoms with Crippen LogP contribution in [0.15, 0.2) is 54.9 Å². The summed E-state index contributed by atoms with van der Waals surface area (Å²) in [4.78, 5) is 6.14. The molecule has 0 aliphatic carbocycles. The van der Waals surface area contributed by atoms with E-state index in [1.54, 1.807) is 24.3 Å². The van der Waals surface area contributed by atoms with Gasteiger partial charge < -0.3 is 10.1 Å². The van der Waals surface area contributed by atoms with Crippen LogP contribution in [0.4, 0.5) is 18.9 Å². The van der Waals surface area contributed by atoms with Gasteiger partial charge in [-0.2, -0.15) is 18.4 Å². The fourth-order valence-electron chi connectivity index (χ4n) is 4.04. The number of ether oxygens (including phenoxy) is 1. The number of nitrogens with one attached hydrogen (secondary N) is 1. The number of nitrogens with zero attached hydrogens (tertiary/aromatic N) is 3. The molecular formula is C29H32ClF3N4O. The second kappa shape index (κ2) is 12.5. The Morgan fingerprint density at radius 2 is 1.82 bits per heavy atom. The minimum atomic E-state index is -4.52. The van der Waals surface area contributed by atoms with E-state index in [0.717, 1.165) is 23.7 Å². The molecule has 0 bridgehead atoms. The molecule has 2 aromatic carbocycles. The van der Waals surface area contributed by atoms with Gasteiger partial charge in [0, 0.05) is 30.2 Å². The van der Waals surface area contributed by atoms with Crippen LogP contribution in [-0.2, 0) is 6.18 Å². The van der Waals surface area contributed by atoms with Crippen molar-refractivity contribution >= 4 is 17.3 Å². The minimum Gasteiger partial charge on any atom is -0.494 e. The van der Waals surface area contributed by atoms with Gasteiger partial charge in [0.1, 0.15) is 11.8 Å². The fourth-order valence-corrected chi connectivity index (χ4v) is 4.25. The smallest absolute Gasteiger partial charge is 0.417 e. The summed E-state index contributed by atoms with van der Waals surface area (Å²) in [6.07, 6.45) is -0.0665. The lowest BCUT2D eigenvalue weighted by Gasteiger charge is -2.38. The number of hydrogen-bond donors (Lipinski definition) is 1. The Hall–Kier alpha value is -3.28. The molecule has 0 saturated carbocycles. The highest BCUT2D eigenvalue weighted by Gasteiger charge is 2.34. The third kappa shape index (κ3) is 7.18. The molecule has 0 unspecified atom stereocenters. The van der Waals surface area contributed by atoms with Gasteiger partial charge in [-0.1, -0.05) is 24.6 Å². The van der Waals surface area contributed by atoms with E-state index in [9.17, 15) is 18.4 Å². The summed E-state index contributed by atoms with van der Waals surface area (Å²) in [5.41, 5.74) is 1.74. The second-order valence-corrected chi connectivity index (χ2v) is 10.00. The van der Waals surface area contributed by atoms with E-state index in [0.29, 0.717) is 35.8 Å². The Morgan fingerprint density at radius 3 is 2.45 bits per heavy atom. The fraction of sp³-hybridized carbons (Fsp3) is 0.379. The van der Waals surface area contributed by atoms with Crippen molar-refractivity contribution in [3.63, 3.8) is 0 Å². The van der Waals surface area contributed by atoms with Crippen molar-refractivity contribution in [1.29, 1.82) is 5.26 Å². The lowest BCUT2D eigenvalue weighted by molar-refractivity contribution is -0.137. The first-order valence-electron chi connectivity index (χ1n) is 12.4. The molecule has 1 N–H and O–H groups in total. The van der Waals surface area contributed by atoms with E-state index >= 15 is 0 Å². The Kier molecular flexibility index (Phi) is 9.64. The van der Waals surface area contributed by atoms with Gasteiger partial charge in [0.05, 0.1) is 29.4 Å². The largest absolute Gasteiger partial charge is 0.494 e. The summed E-state index contributed by atoms with van der Waals surface area (Å²) in [5.74, 6) is 0.178. The molecule has 0 atom stereocenters. The van der Waals surface area contributed by atoms with Crippen molar-refractivity contribution in [2.75, 3.05) is 25.1 Å². The summed E-state index contributed by atoms with van der Waals surface area (Å²) < 4.78 is 47.1. The predicted octanol–water partition coefficient (Wildman–Crippen LogP) is 7.93. The van der Waals surface area contributed by atoms with E-state index in [1.807, 2.05) is 13.0 Å². The van der Waals surface area contributed by atoms with Crippen LogP contribution < -0.4 is 10.1 Å². The monoisotopic (exact) mass is 544 g/mol. The highest BCUT2D eigenvalue weighted by atomic mass is 35.5. The molecule has 0 saturated heterocycles. The minimum absolute atomic E-state index is 0.0902. The molecule has 1 heterocycles. The summed E-state index contributed by atoms with van der Waals surface area (Å²) in [7, 11) is 0. The maximum absolute atomic E-state index is 13.8. The van der Waals surface area contributed by atoms with Crippen molar-refractivity contribution in [3.8, 4) is 22.9 Å². The summed E-state index contributed by atoms with van der Waals surface area (Å²) >= 11 is 6.31. The van der Waals surface area contributed by atoms with Gasteiger partial charge >= 0.3 is 6.18 Å². The molecule has 5 nitrogen and oxygen atoms in total. The van der Waals surface area contributed by atoms with Crippen LogP contribution in [0.1, 0.15) is 50.3 Å². The molecule has 3 aromatic rings. The van der Waals surface area contributed by atoms with Gasteiger partial charge in [-0.15, -0.1) is 0 Å². The van der Waals surface area contributed by atoms with Crippen molar-refractivity contribution < 1.29 is 17.9 Å². The number of benzene rings is 2. The highest BCUT2D eigenvalue weighted by Crippen LogP contribution is 2.39. The normalized spacial score (nSPS) is 11.9. The maximum Gasteiger partial charge on any atom is 0.417 e. The lowest BCUT2D eigenvalue weighted by Crippen LogP contribution is -2.47. The highest BCUT2D eigenvalue weighted by molar-refractivity contribution is 6.32. The Morgan fingerprint density at radius 1 is 1.11 bits per heavy atom. The van der Waals surface area contributed by atoms with Crippen LogP contribution in [0.5, 0.6) is 5.75 Å². The van der Waals surface area contributed by atoms with Gasteiger partial charge in [-0.25, -0.2) is 0 Å². The van der Waals surface area contributed by atoms with Crippen molar-refractivity contribution in [2.24, 2.45) is 0 Å².